The third-order valence-electron chi connectivity index (χ3n) is 3.67. The Labute approximate surface area is 127 Å². The van der Waals surface area contributed by atoms with Crippen LogP contribution in [-0.4, -0.2) is 14.7 Å². The van der Waals surface area contributed by atoms with Gasteiger partial charge in [-0.25, -0.2) is 4.98 Å². The lowest BCUT2D eigenvalue weighted by Gasteiger charge is -2.18. The number of aliphatic hydroxyl groups excluding tert-OH is 1. The molecule has 0 spiro atoms. The Balaban J connectivity index is 2.21. The smallest absolute Gasteiger partial charge is 0.136 e. The van der Waals surface area contributed by atoms with Crippen molar-refractivity contribution in [3.63, 3.8) is 0 Å². The molecule has 1 aromatic heterocycles. The van der Waals surface area contributed by atoms with Crippen LogP contribution in [-0.2, 0) is 6.61 Å². The molecule has 3 rings (SSSR count). The van der Waals surface area contributed by atoms with Crippen molar-refractivity contribution in [3.8, 4) is 0 Å². The van der Waals surface area contributed by atoms with E-state index in [1.54, 1.807) is 0 Å². The van der Waals surface area contributed by atoms with Crippen LogP contribution in [0.15, 0.2) is 42.5 Å². The van der Waals surface area contributed by atoms with Gasteiger partial charge in [0.05, 0.1) is 17.1 Å². The molecule has 0 fully saturated rings. The molecule has 1 heterocycles. The highest BCUT2D eigenvalue weighted by atomic mass is 35.5. The number of hydrogen-bond acceptors (Lipinski definition) is 3. The molecule has 0 amide bonds. The Hall–Kier alpha value is -2.04. The zero-order chi connectivity index (χ0) is 15.0. The van der Waals surface area contributed by atoms with Crippen LogP contribution in [0.5, 0.6) is 0 Å². The summed E-state index contributed by atoms with van der Waals surface area (Å²) in [5.41, 5.74) is 9.16. The second-order valence-electron chi connectivity index (χ2n) is 5.00. The van der Waals surface area contributed by atoms with Gasteiger partial charge in [0.1, 0.15) is 12.4 Å². The maximum atomic E-state index is 9.61. The number of imidazole rings is 1. The molecule has 3 aromatic rings. The number of fused-ring (bicyclic) bond motifs is 1. The van der Waals surface area contributed by atoms with E-state index in [0.29, 0.717) is 16.5 Å². The summed E-state index contributed by atoms with van der Waals surface area (Å²) in [4.78, 5) is 4.46. The summed E-state index contributed by atoms with van der Waals surface area (Å²) in [6, 6.07) is 13.2. The molecule has 21 heavy (non-hydrogen) atoms. The van der Waals surface area contributed by atoms with E-state index in [4.69, 9.17) is 17.3 Å². The minimum Gasteiger partial charge on any atom is -0.399 e. The van der Waals surface area contributed by atoms with E-state index in [2.05, 4.69) is 4.98 Å². The Kier molecular flexibility index (Phi) is 3.57. The minimum atomic E-state index is -0.136. The van der Waals surface area contributed by atoms with Crippen molar-refractivity contribution >= 4 is 28.3 Å². The molecule has 2 aromatic carbocycles. The fraction of sp³-hybridized carbons (Fsp3) is 0.188. The molecule has 0 radical (unpaired) electrons. The lowest BCUT2D eigenvalue weighted by Crippen LogP contribution is -2.11. The van der Waals surface area contributed by atoms with E-state index < -0.39 is 0 Å². The highest BCUT2D eigenvalue weighted by Gasteiger charge is 2.18. The number of rotatable bonds is 3. The molecule has 108 valence electrons. The van der Waals surface area contributed by atoms with Crippen LogP contribution in [0.4, 0.5) is 5.69 Å². The summed E-state index contributed by atoms with van der Waals surface area (Å²) >= 11 is 6.29. The van der Waals surface area contributed by atoms with Gasteiger partial charge in [-0.05, 0) is 36.8 Å². The average molecular weight is 302 g/mol. The molecule has 1 atom stereocenters. The van der Waals surface area contributed by atoms with E-state index in [-0.39, 0.29) is 12.6 Å². The summed E-state index contributed by atoms with van der Waals surface area (Å²) in [5, 5.41) is 10.3. The molecular formula is C16H16ClN3O. The van der Waals surface area contributed by atoms with Crippen molar-refractivity contribution in [1.82, 2.24) is 9.55 Å². The van der Waals surface area contributed by atoms with Crippen LogP contribution in [0.3, 0.4) is 0 Å². The highest BCUT2D eigenvalue weighted by Crippen LogP contribution is 2.30. The van der Waals surface area contributed by atoms with E-state index in [1.807, 2.05) is 54.0 Å². The molecule has 0 saturated heterocycles. The van der Waals surface area contributed by atoms with Gasteiger partial charge in [0, 0.05) is 10.7 Å². The summed E-state index contributed by atoms with van der Waals surface area (Å²) < 4.78 is 2.00. The van der Waals surface area contributed by atoms with Gasteiger partial charge < -0.3 is 15.4 Å². The van der Waals surface area contributed by atoms with Crippen LogP contribution in [0.25, 0.3) is 11.0 Å². The standard InChI is InChI=1S/C16H16ClN3O/c1-10(12-4-2-3-5-13(12)17)20-15-7-6-11(18)8-14(15)19-16(20)9-21/h2-8,10,21H,9,18H2,1H3. The zero-order valence-corrected chi connectivity index (χ0v) is 12.4. The fourth-order valence-corrected chi connectivity index (χ4v) is 2.96. The number of hydrogen-bond donors (Lipinski definition) is 2. The maximum absolute atomic E-state index is 9.61. The topological polar surface area (TPSA) is 64.1 Å². The predicted molar refractivity (Wildman–Crippen MR) is 85.3 cm³/mol. The van der Waals surface area contributed by atoms with Crippen LogP contribution in [0.2, 0.25) is 5.02 Å². The number of nitrogens with zero attached hydrogens (tertiary/aromatic N) is 2. The molecule has 3 N–H and O–H groups in total. The molecular weight excluding hydrogens is 286 g/mol. The van der Waals surface area contributed by atoms with Gasteiger partial charge in [0.2, 0.25) is 0 Å². The van der Waals surface area contributed by atoms with Gasteiger partial charge in [-0.15, -0.1) is 0 Å². The molecule has 0 bridgehead atoms. The molecule has 1 unspecified atom stereocenters. The van der Waals surface area contributed by atoms with Crippen molar-refractivity contribution in [2.24, 2.45) is 0 Å². The average Bonchev–Trinajstić information content (AvgIpc) is 2.84. The highest BCUT2D eigenvalue weighted by molar-refractivity contribution is 6.31. The molecule has 0 aliphatic heterocycles. The Morgan fingerprint density at radius 1 is 1.29 bits per heavy atom. The number of aromatic nitrogens is 2. The van der Waals surface area contributed by atoms with Gasteiger partial charge in [-0.3, -0.25) is 0 Å². The molecule has 0 aliphatic rings. The van der Waals surface area contributed by atoms with Gasteiger partial charge in [-0.1, -0.05) is 29.8 Å². The van der Waals surface area contributed by atoms with E-state index in [1.165, 1.54) is 0 Å². The van der Waals surface area contributed by atoms with Crippen molar-refractivity contribution in [2.75, 3.05) is 5.73 Å². The van der Waals surface area contributed by atoms with Crippen molar-refractivity contribution in [2.45, 2.75) is 19.6 Å². The summed E-state index contributed by atoms with van der Waals surface area (Å²) in [6.07, 6.45) is 0. The maximum Gasteiger partial charge on any atom is 0.136 e. The summed E-state index contributed by atoms with van der Waals surface area (Å²) in [5.74, 6) is 0.600. The molecule has 4 nitrogen and oxygen atoms in total. The molecule has 5 heteroatoms. The first-order valence-corrected chi connectivity index (χ1v) is 7.11. The molecule has 0 aliphatic carbocycles. The molecule has 0 saturated carbocycles. The van der Waals surface area contributed by atoms with Crippen LogP contribution >= 0.6 is 11.6 Å². The quantitative estimate of drug-likeness (QED) is 0.729. The number of benzene rings is 2. The number of aliphatic hydroxyl groups is 1. The van der Waals surface area contributed by atoms with E-state index >= 15 is 0 Å². The third-order valence-corrected chi connectivity index (χ3v) is 4.01. The zero-order valence-electron chi connectivity index (χ0n) is 11.6. The third kappa shape index (κ3) is 2.37. The van der Waals surface area contributed by atoms with Crippen LogP contribution in [0.1, 0.15) is 24.4 Å². The van der Waals surface area contributed by atoms with Crippen LogP contribution in [0, 0.1) is 0 Å². The van der Waals surface area contributed by atoms with Crippen LogP contribution < -0.4 is 5.73 Å². The lowest BCUT2D eigenvalue weighted by molar-refractivity contribution is 0.264. The summed E-state index contributed by atoms with van der Waals surface area (Å²) in [7, 11) is 0. The first kappa shape index (κ1) is 13.9. The van der Waals surface area contributed by atoms with Crippen molar-refractivity contribution < 1.29 is 5.11 Å². The monoisotopic (exact) mass is 301 g/mol. The number of nitrogen functional groups attached to an aromatic ring is 1. The fourth-order valence-electron chi connectivity index (χ4n) is 2.66. The normalized spacial score (nSPS) is 12.7. The SMILES string of the molecule is CC(c1ccccc1Cl)n1c(CO)nc2cc(N)ccc21. The van der Waals surface area contributed by atoms with E-state index in [0.717, 1.165) is 16.6 Å². The van der Waals surface area contributed by atoms with Crippen molar-refractivity contribution in [1.29, 1.82) is 0 Å². The first-order valence-electron chi connectivity index (χ1n) is 6.73. The minimum absolute atomic E-state index is 0.0329. The van der Waals surface area contributed by atoms with Gasteiger partial charge in [-0.2, -0.15) is 0 Å². The van der Waals surface area contributed by atoms with Gasteiger partial charge in [0.15, 0.2) is 0 Å². The Morgan fingerprint density at radius 3 is 2.76 bits per heavy atom. The summed E-state index contributed by atoms with van der Waals surface area (Å²) in [6.45, 7) is 1.90. The van der Waals surface area contributed by atoms with Crippen molar-refractivity contribution in [3.05, 3.63) is 58.9 Å². The second kappa shape index (κ2) is 5.39. The first-order chi connectivity index (χ1) is 10.1. The van der Waals surface area contributed by atoms with Gasteiger partial charge in [0.25, 0.3) is 0 Å². The predicted octanol–water partition coefficient (Wildman–Crippen LogP) is 3.37. The largest absolute Gasteiger partial charge is 0.399 e. The number of nitrogens with two attached hydrogens (primary N) is 1. The number of halogens is 1. The Bertz CT molecular complexity index is 797. The van der Waals surface area contributed by atoms with Gasteiger partial charge >= 0.3 is 0 Å². The lowest BCUT2D eigenvalue weighted by atomic mass is 10.1. The second-order valence-corrected chi connectivity index (χ2v) is 5.41. The van der Waals surface area contributed by atoms with E-state index in [9.17, 15) is 5.11 Å². The Morgan fingerprint density at radius 2 is 2.05 bits per heavy atom. The number of anilines is 1.